The van der Waals surface area contributed by atoms with Gasteiger partial charge in [-0.1, -0.05) is 104 Å². The SMILES string of the molecule is CCCCCCCCCCCCOc1ccc(-c2ccc(OCCCCCC(C)CC)cc2)nc1. The normalized spacial score (nSPS) is 12.0. The maximum absolute atomic E-state index is 5.91. The van der Waals surface area contributed by atoms with Gasteiger partial charge in [-0.2, -0.15) is 0 Å². The predicted octanol–water partition coefficient (Wildman–Crippen LogP) is 10.0. The highest BCUT2D eigenvalue weighted by Crippen LogP contribution is 2.23. The molecule has 0 saturated heterocycles. The van der Waals surface area contributed by atoms with E-state index in [1.54, 1.807) is 0 Å². The minimum atomic E-state index is 0.779. The lowest BCUT2D eigenvalue weighted by atomic mass is 10.0. The van der Waals surface area contributed by atoms with Crippen molar-refractivity contribution in [3.05, 3.63) is 42.6 Å². The zero-order valence-corrected chi connectivity index (χ0v) is 22.9. The number of nitrogens with zero attached hydrogens (tertiary/aromatic N) is 1. The van der Waals surface area contributed by atoms with Crippen LogP contribution in [0.1, 0.15) is 117 Å². The molecule has 0 N–H and O–H groups in total. The molecule has 1 aromatic carbocycles. The standard InChI is InChI=1S/C32H51NO2/c1-4-6-7-8-9-10-11-12-13-16-26-35-31-23-24-32(33-27-31)29-19-21-30(22-20-29)34-25-17-14-15-18-28(3)5-2/h19-24,27-28H,4-18,25-26H2,1-3H3. The molecule has 196 valence electrons. The Morgan fingerprint density at radius 2 is 1.17 bits per heavy atom. The molecule has 2 aromatic rings. The second kappa shape index (κ2) is 19.2. The molecule has 0 fully saturated rings. The minimum absolute atomic E-state index is 0.779. The zero-order chi connectivity index (χ0) is 25.0. The molecule has 35 heavy (non-hydrogen) atoms. The molecule has 2 rings (SSSR count). The van der Waals surface area contributed by atoms with Crippen molar-refractivity contribution >= 4 is 0 Å². The molecule has 3 nitrogen and oxygen atoms in total. The van der Waals surface area contributed by atoms with Crippen molar-refractivity contribution in [3.63, 3.8) is 0 Å². The van der Waals surface area contributed by atoms with E-state index in [0.717, 1.165) is 54.7 Å². The summed E-state index contributed by atoms with van der Waals surface area (Å²) in [4.78, 5) is 4.60. The molecule has 1 atom stereocenters. The van der Waals surface area contributed by atoms with Gasteiger partial charge >= 0.3 is 0 Å². The molecule has 3 heteroatoms. The lowest BCUT2D eigenvalue weighted by Gasteiger charge is -2.09. The minimum Gasteiger partial charge on any atom is -0.494 e. The third kappa shape index (κ3) is 13.6. The molecule has 0 radical (unpaired) electrons. The van der Waals surface area contributed by atoms with Crippen molar-refractivity contribution in [3.8, 4) is 22.8 Å². The molecule has 0 spiro atoms. The quantitative estimate of drug-likeness (QED) is 0.166. The zero-order valence-electron chi connectivity index (χ0n) is 22.9. The molecule has 0 bridgehead atoms. The number of unbranched alkanes of at least 4 members (excludes halogenated alkanes) is 11. The lowest BCUT2D eigenvalue weighted by molar-refractivity contribution is 0.302. The number of rotatable bonds is 21. The number of hydrogen-bond acceptors (Lipinski definition) is 3. The van der Waals surface area contributed by atoms with Gasteiger partial charge in [0.05, 0.1) is 25.1 Å². The van der Waals surface area contributed by atoms with E-state index in [1.165, 1.54) is 83.5 Å². The van der Waals surface area contributed by atoms with Gasteiger partial charge in [0.1, 0.15) is 11.5 Å². The fourth-order valence-electron chi connectivity index (χ4n) is 4.30. The van der Waals surface area contributed by atoms with Gasteiger partial charge in [0.15, 0.2) is 0 Å². The monoisotopic (exact) mass is 481 g/mol. The summed E-state index contributed by atoms with van der Waals surface area (Å²) in [5, 5.41) is 0. The van der Waals surface area contributed by atoms with E-state index in [2.05, 4.69) is 37.9 Å². The number of pyridine rings is 1. The van der Waals surface area contributed by atoms with Gasteiger partial charge in [-0.15, -0.1) is 0 Å². The average Bonchev–Trinajstić information content (AvgIpc) is 2.90. The molecule has 1 aromatic heterocycles. The third-order valence-corrected chi connectivity index (χ3v) is 6.96. The van der Waals surface area contributed by atoms with Crippen molar-refractivity contribution in [2.45, 2.75) is 117 Å². The van der Waals surface area contributed by atoms with Crippen LogP contribution >= 0.6 is 0 Å². The molecule has 1 heterocycles. The lowest BCUT2D eigenvalue weighted by Crippen LogP contribution is -1.99. The molecule has 0 saturated carbocycles. The Balaban J connectivity index is 1.56. The number of aromatic nitrogens is 1. The van der Waals surface area contributed by atoms with Crippen LogP contribution in [0.5, 0.6) is 11.5 Å². The summed E-state index contributed by atoms with van der Waals surface area (Å²) in [6.45, 7) is 8.46. The van der Waals surface area contributed by atoms with E-state index in [-0.39, 0.29) is 0 Å². The summed E-state index contributed by atoms with van der Waals surface area (Å²) >= 11 is 0. The van der Waals surface area contributed by atoms with Crippen LogP contribution in [0.15, 0.2) is 42.6 Å². The van der Waals surface area contributed by atoms with Crippen LogP contribution in [0.2, 0.25) is 0 Å². The van der Waals surface area contributed by atoms with Crippen LogP contribution in [0.25, 0.3) is 11.3 Å². The molecular formula is C32H51NO2. The molecule has 0 amide bonds. The highest BCUT2D eigenvalue weighted by molar-refractivity contribution is 5.60. The predicted molar refractivity (Wildman–Crippen MR) is 150 cm³/mol. The average molecular weight is 482 g/mol. The molecule has 0 aliphatic rings. The maximum atomic E-state index is 5.91. The highest BCUT2D eigenvalue weighted by atomic mass is 16.5. The van der Waals surface area contributed by atoms with Crippen LogP contribution in [0.3, 0.4) is 0 Å². The number of ether oxygens (including phenoxy) is 2. The maximum Gasteiger partial charge on any atom is 0.137 e. The van der Waals surface area contributed by atoms with E-state index in [1.807, 2.05) is 30.5 Å². The summed E-state index contributed by atoms with van der Waals surface area (Å²) in [7, 11) is 0. The Morgan fingerprint density at radius 3 is 1.74 bits per heavy atom. The van der Waals surface area contributed by atoms with Gasteiger partial charge in [-0.05, 0) is 55.2 Å². The van der Waals surface area contributed by atoms with Crippen molar-refractivity contribution < 1.29 is 9.47 Å². The van der Waals surface area contributed by atoms with Crippen LogP contribution in [0.4, 0.5) is 0 Å². The van der Waals surface area contributed by atoms with E-state index in [9.17, 15) is 0 Å². The van der Waals surface area contributed by atoms with Crippen molar-refractivity contribution in [1.29, 1.82) is 0 Å². The van der Waals surface area contributed by atoms with Crippen molar-refractivity contribution in [1.82, 2.24) is 4.98 Å². The largest absolute Gasteiger partial charge is 0.494 e. The van der Waals surface area contributed by atoms with E-state index < -0.39 is 0 Å². The molecule has 0 aliphatic carbocycles. The second-order valence-electron chi connectivity index (χ2n) is 10.1. The summed E-state index contributed by atoms with van der Waals surface area (Å²) in [5.74, 6) is 2.65. The van der Waals surface area contributed by atoms with Crippen molar-refractivity contribution in [2.24, 2.45) is 5.92 Å². The first-order chi connectivity index (χ1) is 17.2. The van der Waals surface area contributed by atoms with Crippen LogP contribution in [-0.2, 0) is 0 Å². The molecular weight excluding hydrogens is 430 g/mol. The van der Waals surface area contributed by atoms with Crippen LogP contribution < -0.4 is 9.47 Å². The van der Waals surface area contributed by atoms with Gasteiger partial charge in [-0.3, -0.25) is 4.98 Å². The Labute approximate surface area is 216 Å². The van der Waals surface area contributed by atoms with Gasteiger partial charge < -0.3 is 9.47 Å². The number of hydrogen-bond donors (Lipinski definition) is 0. The van der Waals surface area contributed by atoms with E-state index in [4.69, 9.17) is 9.47 Å². The molecule has 1 unspecified atom stereocenters. The van der Waals surface area contributed by atoms with Gasteiger partial charge in [-0.25, -0.2) is 0 Å². The number of benzene rings is 1. The summed E-state index contributed by atoms with van der Waals surface area (Å²) in [5.41, 5.74) is 2.07. The second-order valence-corrected chi connectivity index (χ2v) is 10.1. The Hall–Kier alpha value is -2.03. The smallest absolute Gasteiger partial charge is 0.137 e. The Kier molecular flexibility index (Phi) is 16.0. The van der Waals surface area contributed by atoms with Crippen LogP contribution in [-0.4, -0.2) is 18.2 Å². The van der Waals surface area contributed by atoms with E-state index >= 15 is 0 Å². The Morgan fingerprint density at radius 1 is 0.629 bits per heavy atom. The van der Waals surface area contributed by atoms with Gasteiger partial charge in [0, 0.05) is 5.56 Å². The molecule has 0 aliphatic heterocycles. The van der Waals surface area contributed by atoms with Gasteiger partial charge in [0.25, 0.3) is 0 Å². The van der Waals surface area contributed by atoms with Gasteiger partial charge in [0.2, 0.25) is 0 Å². The fraction of sp³-hybridized carbons (Fsp3) is 0.656. The first-order valence-electron chi connectivity index (χ1n) is 14.5. The Bertz CT molecular complexity index is 741. The fourth-order valence-corrected chi connectivity index (χ4v) is 4.30. The van der Waals surface area contributed by atoms with Crippen molar-refractivity contribution in [2.75, 3.05) is 13.2 Å². The summed E-state index contributed by atoms with van der Waals surface area (Å²) < 4.78 is 11.8. The van der Waals surface area contributed by atoms with E-state index in [0.29, 0.717) is 0 Å². The summed E-state index contributed by atoms with van der Waals surface area (Å²) in [6.07, 6.45) is 21.6. The third-order valence-electron chi connectivity index (χ3n) is 6.96. The first kappa shape index (κ1) is 29.2. The highest BCUT2D eigenvalue weighted by Gasteiger charge is 2.03. The first-order valence-corrected chi connectivity index (χ1v) is 14.5. The van der Waals surface area contributed by atoms with Crippen LogP contribution in [0, 0.1) is 5.92 Å². The topological polar surface area (TPSA) is 31.4 Å². The summed E-state index contributed by atoms with van der Waals surface area (Å²) in [6, 6.07) is 12.3.